The lowest BCUT2D eigenvalue weighted by atomic mass is 10.1. The Morgan fingerprint density at radius 2 is 2.03 bits per heavy atom. The molecule has 1 aromatic carbocycles. The van der Waals surface area contributed by atoms with Crippen LogP contribution in [0.25, 0.3) is 0 Å². The number of carbonyl (C=O) groups is 3. The van der Waals surface area contributed by atoms with E-state index in [-0.39, 0.29) is 29.9 Å². The number of nitrogens with one attached hydrogen (secondary N) is 1. The summed E-state index contributed by atoms with van der Waals surface area (Å²) in [7, 11) is 0. The minimum Gasteiger partial charge on any atom is -0.467 e. The number of Topliss-reactive ketones (excluding diaryl/α,β-unsaturated/α-hetero) is 1. The molecule has 2 aliphatic rings. The molecule has 0 unspecified atom stereocenters. The highest BCUT2D eigenvalue weighted by molar-refractivity contribution is 8.15. The van der Waals surface area contributed by atoms with E-state index in [9.17, 15) is 14.4 Å². The number of hydrogen-bond acceptors (Lipinski definition) is 8. The number of hydrogen-bond donors (Lipinski definition) is 1. The first-order valence-electron chi connectivity index (χ1n) is 8.87. The smallest absolute Gasteiger partial charge is 0.284 e. The monoisotopic (exact) mass is 462 g/mol. The number of thioether (sulfide) groups is 2. The highest BCUT2D eigenvalue weighted by Gasteiger charge is 2.40. The first-order valence-corrected chi connectivity index (χ1v) is 11.1. The zero-order valence-corrected chi connectivity index (χ0v) is 17.8. The maximum absolute atomic E-state index is 13.0. The molecule has 2 saturated heterocycles. The second-order valence-corrected chi connectivity index (χ2v) is 8.93. The van der Waals surface area contributed by atoms with Crippen molar-refractivity contribution in [2.24, 2.45) is 10.2 Å². The van der Waals surface area contributed by atoms with Crippen molar-refractivity contribution in [1.29, 1.82) is 0 Å². The van der Waals surface area contributed by atoms with Crippen molar-refractivity contribution in [1.82, 2.24) is 10.2 Å². The quantitative estimate of drug-likeness (QED) is 0.517. The standard InChI is InChI=1S/C19H15ClN4O4S2/c20-12-5-3-11(4-6-12)14(25)8-15-17(26)24(9-13-2-1-7-28-13)18(30-15)23-22-16-10-29-19(27)21-16/h1-7,15H,8-10H2,(H,21,22,27)/b23-18+/t15-/m1/s1. The van der Waals surface area contributed by atoms with Gasteiger partial charge in [0.05, 0.1) is 23.8 Å². The Balaban J connectivity index is 1.53. The molecule has 1 aromatic heterocycles. The lowest BCUT2D eigenvalue weighted by Crippen LogP contribution is -2.32. The van der Waals surface area contributed by atoms with E-state index in [1.807, 2.05) is 0 Å². The van der Waals surface area contributed by atoms with E-state index in [2.05, 4.69) is 15.5 Å². The van der Waals surface area contributed by atoms with Gasteiger partial charge in [0.2, 0.25) is 5.91 Å². The predicted octanol–water partition coefficient (Wildman–Crippen LogP) is 3.78. The predicted molar refractivity (Wildman–Crippen MR) is 117 cm³/mol. The van der Waals surface area contributed by atoms with Crippen LogP contribution in [-0.2, 0) is 11.3 Å². The summed E-state index contributed by atoms with van der Waals surface area (Å²) in [6, 6.07) is 10.0. The number of furan rings is 1. The van der Waals surface area contributed by atoms with Gasteiger partial charge in [-0.05, 0) is 36.4 Å². The molecule has 1 N–H and O–H groups in total. The summed E-state index contributed by atoms with van der Waals surface area (Å²) >= 11 is 8.14. The van der Waals surface area contributed by atoms with Crippen LogP contribution < -0.4 is 5.32 Å². The molecule has 0 saturated carbocycles. The van der Waals surface area contributed by atoms with E-state index in [4.69, 9.17) is 16.0 Å². The number of nitrogens with zero attached hydrogens (tertiary/aromatic N) is 3. The van der Waals surface area contributed by atoms with Gasteiger partial charge in [-0.2, -0.15) is 0 Å². The fourth-order valence-corrected chi connectivity index (χ4v) is 4.62. The average Bonchev–Trinajstić information content (AvgIpc) is 3.45. The Hall–Kier alpha value is -2.56. The third-order valence-electron chi connectivity index (χ3n) is 4.29. The van der Waals surface area contributed by atoms with E-state index in [1.54, 1.807) is 36.4 Å². The normalized spacial score (nSPS) is 21.6. The number of ketones is 1. The molecule has 0 bridgehead atoms. The summed E-state index contributed by atoms with van der Waals surface area (Å²) in [5.41, 5.74) is 0.488. The van der Waals surface area contributed by atoms with Crippen molar-refractivity contribution >= 4 is 63.1 Å². The van der Waals surface area contributed by atoms with E-state index in [0.717, 1.165) is 11.8 Å². The molecule has 1 atom stereocenters. The van der Waals surface area contributed by atoms with Crippen LogP contribution in [0.4, 0.5) is 4.79 Å². The Morgan fingerprint density at radius 3 is 2.70 bits per heavy atom. The molecular formula is C19H15ClN4O4S2. The first-order chi connectivity index (χ1) is 14.5. The largest absolute Gasteiger partial charge is 0.467 e. The van der Waals surface area contributed by atoms with Crippen LogP contribution in [0, 0.1) is 0 Å². The summed E-state index contributed by atoms with van der Waals surface area (Å²) < 4.78 is 5.35. The third kappa shape index (κ3) is 4.77. The molecule has 8 nitrogen and oxygen atoms in total. The maximum Gasteiger partial charge on any atom is 0.284 e. The summed E-state index contributed by atoms with van der Waals surface area (Å²) in [4.78, 5) is 38.4. The van der Waals surface area contributed by atoms with Gasteiger partial charge >= 0.3 is 0 Å². The van der Waals surface area contributed by atoms with Gasteiger partial charge in [0.15, 0.2) is 11.0 Å². The van der Waals surface area contributed by atoms with Crippen LogP contribution in [0.2, 0.25) is 5.02 Å². The van der Waals surface area contributed by atoms with Gasteiger partial charge in [-0.3, -0.25) is 19.3 Å². The topological polar surface area (TPSA) is 104 Å². The second-order valence-electron chi connectivity index (χ2n) is 6.37. The average molecular weight is 463 g/mol. The molecule has 2 aliphatic heterocycles. The van der Waals surface area contributed by atoms with Crippen molar-refractivity contribution in [3.8, 4) is 0 Å². The van der Waals surface area contributed by atoms with Crippen molar-refractivity contribution in [3.05, 3.63) is 59.0 Å². The zero-order valence-electron chi connectivity index (χ0n) is 15.4. The fourth-order valence-electron chi connectivity index (χ4n) is 2.82. The minimum atomic E-state index is -0.630. The SMILES string of the molecule is O=C1N/C(=N/N=C2/S[C@H](CC(=O)c3ccc(Cl)cc3)C(=O)N2Cc2ccco2)CS1. The number of amidine groups is 2. The van der Waals surface area contributed by atoms with Gasteiger partial charge in [0.1, 0.15) is 11.6 Å². The highest BCUT2D eigenvalue weighted by atomic mass is 35.5. The van der Waals surface area contributed by atoms with E-state index in [0.29, 0.717) is 33.1 Å². The molecule has 4 rings (SSSR count). The van der Waals surface area contributed by atoms with E-state index >= 15 is 0 Å². The molecule has 11 heteroatoms. The van der Waals surface area contributed by atoms with Gasteiger partial charge in [-0.25, -0.2) is 0 Å². The van der Waals surface area contributed by atoms with Crippen LogP contribution in [0.1, 0.15) is 22.5 Å². The molecular weight excluding hydrogens is 448 g/mol. The maximum atomic E-state index is 13.0. The van der Waals surface area contributed by atoms with Crippen LogP contribution >= 0.6 is 35.1 Å². The Kier molecular flexibility index (Phi) is 6.26. The second kappa shape index (κ2) is 9.07. The van der Waals surface area contributed by atoms with Gasteiger partial charge in [-0.1, -0.05) is 35.1 Å². The molecule has 30 heavy (non-hydrogen) atoms. The number of carbonyl (C=O) groups excluding carboxylic acids is 3. The molecule has 154 valence electrons. The Bertz CT molecular complexity index is 1040. The molecule has 2 aromatic rings. The van der Waals surface area contributed by atoms with Crippen molar-refractivity contribution in [2.75, 3.05) is 5.75 Å². The molecule has 0 aliphatic carbocycles. The van der Waals surface area contributed by atoms with Gasteiger partial charge in [-0.15, -0.1) is 10.2 Å². The van der Waals surface area contributed by atoms with Gasteiger partial charge < -0.3 is 9.73 Å². The van der Waals surface area contributed by atoms with Crippen LogP contribution in [0.5, 0.6) is 0 Å². The molecule has 2 amide bonds. The lowest BCUT2D eigenvalue weighted by Gasteiger charge is -2.14. The number of rotatable bonds is 6. The number of amides is 2. The highest BCUT2D eigenvalue weighted by Crippen LogP contribution is 2.32. The summed E-state index contributed by atoms with van der Waals surface area (Å²) in [5, 5.41) is 10.9. The molecule has 0 spiro atoms. The van der Waals surface area contributed by atoms with E-state index in [1.165, 1.54) is 22.9 Å². The Morgan fingerprint density at radius 1 is 1.23 bits per heavy atom. The molecule has 2 fully saturated rings. The van der Waals surface area contributed by atoms with Crippen LogP contribution in [-0.4, -0.2) is 43.8 Å². The summed E-state index contributed by atoms with van der Waals surface area (Å²) in [6.07, 6.45) is 1.54. The zero-order chi connectivity index (χ0) is 21.1. The molecule has 3 heterocycles. The van der Waals surface area contributed by atoms with Gasteiger partial charge in [0.25, 0.3) is 5.24 Å². The van der Waals surface area contributed by atoms with E-state index < -0.39 is 5.25 Å². The van der Waals surface area contributed by atoms with Crippen molar-refractivity contribution in [2.45, 2.75) is 18.2 Å². The van der Waals surface area contributed by atoms with Gasteiger partial charge in [0, 0.05) is 17.0 Å². The first kappa shape index (κ1) is 20.7. The third-order valence-corrected chi connectivity index (χ3v) is 6.49. The Labute approximate surface area is 185 Å². The number of halogens is 1. The fraction of sp³-hybridized carbons (Fsp3) is 0.211. The number of benzene rings is 1. The van der Waals surface area contributed by atoms with Crippen molar-refractivity contribution in [3.63, 3.8) is 0 Å². The van der Waals surface area contributed by atoms with Crippen LogP contribution in [0.15, 0.2) is 57.3 Å². The lowest BCUT2D eigenvalue weighted by molar-refractivity contribution is -0.126. The summed E-state index contributed by atoms with van der Waals surface area (Å²) in [6.45, 7) is 0.176. The summed E-state index contributed by atoms with van der Waals surface area (Å²) in [5.74, 6) is 0.984. The van der Waals surface area contributed by atoms with Crippen LogP contribution in [0.3, 0.4) is 0 Å². The van der Waals surface area contributed by atoms with Crippen molar-refractivity contribution < 1.29 is 18.8 Å². The minimum absolute atomic E-state index is 0.0158. The molecule has 0 radical (unpaired) electrons.